The molecular formula is C16H18ClNOS. The smallest absolute Gasteiger partial charge is 0.243 e. The first-order valence-corrected chi connectivity index (χ1v) is 8.06. The lowest BCUT2D eigenvalue weighted by Gasteiger charge is -2.19. The van der Waals surface area contributed by atoms with Gasteiger partial charge in [0, 0.05) is 4.88 Å². The highest BCUT2D eigenvalue weighted by atomic mass is 35.5. The Labute approximate surface area is 128 Å². The lowest BCUT2D eigenvalue weighted by atomic mass is 10.1. The number of halogens is 1. The number of hydrogen-bond acceptors (Lipinski definition) is 2. The highest BCUT2D eigenvalue weighted by Gasteiger charge is 2.21. The average Bonchev–Trinajstić information content (AvgIpc) is 3.01. The van der Waals surface area contributed by atoms with Gasteiger partial charge < -0.3 is 5.32 Å². The molecule has 0 bridgehead atoms. The number of benzene rings is 1. The first-order chi connectivity index (χ1) is 9.72. The highest BCUT2D eigenvalue weighted by Crippen LogP contribution is 2.26. The summed E-state index contributed by atoms with van der Waals surface area (Å²) in [5.74, 6) is -0.135. The lowest BCUT2D eigenvalue weighted by Crippen LogP contribution is -2.30. The van der Waals surface area contributed by atoms with E-state index in [1.807, 2.05) is 41.8 Å². The van der Waals surface area contributed by atoms with Crippen LogP contribution in [0, 0.1) is 0 Å². The third-order valence-corrected chi connectivity index (χ3v) is 4.54. The standard InChI is InChI=1S/C16H18ClNOS/c1-2-7-13(14-10-6-11-20-14)18-16(19)15(17)12-8-4-3-5-9-12/h3-6,8-11,13,15H,2,7H2,1H3,(H,18,19). The van der Waals surface area contributed by atoms with Crippen molar-refractivity contribution in [1.82, 2.24) is 5.32 Å². The minimum Gasteiger partial charge on any atom is -0.347 e. The maximum absolute atomic E-state index is 12.3. The van der Waals surface area contributed by atoms with E-state index in [0.717, 1.165) is 18.4 Å². The van der Waals surface area contributed by atoms with Crippen LogP contribution in [-0.4, -0.2) is 5.91 Å². The minimum absolute atomic E-state index is 0.0532. The Morgan fingerprint density at radius 2 is 2.00 bits per heavy atom. The van der Waals surface area contributed by atoms with Crippen molar-refractivity contribution in [2.24, 2.45) is 0 Å². The topological polar surface area (TPSA) is 29.1 Å². The van der Waals surface area contributed by atoms with E-state index in [2.05, 4.69) is 18.3 Å². The molecule has 4 heteroatoms. The number of rotatable bonds is 6. The molecule has 0 saturated heterocycles. The van der Waals surface area contributed by atoms with Crippen molar-refractivity contribution in [3.05, 3.63) is 58.3 Å². The third-order valence-electron chi connectivity index (χ3n) is 3.10. The van der Waals surface area contributed by atoms with E-state index in [0.29, 0.717) is 0 Å². The van der Waals surface area contributed by atoms with Crippen molar-refractivity contribution in [2.75, 3.05) is 0 Å². The molecule has 20 heavy (non-hydrogen) atoms. The number of alkyl halides is 1. The zero-order valence-electron chi connectivity index (χ0n) is 11.4. The van der Waals surface area contributed by atoms with E-state index in [4.69, 9.17) is 11.6 Å². The Kier molecular flexibility index (Phi) is 5.62. The quantitative estimate of drug-likeness (QED) is 0.771. The molecule has 0 aliphatic carbocycles. The molecule has 2 aromatic rings. The largest absolute Gasteiger partial charge is 0.347 e. The summed E-state index contributed by atoms with van der Waals surface area (Å²) in [4.78, 5) is 13.5. The van der Waals surface area contributed by atoms with Crippen LogP contribution in [-0.2, 0) is 4.79 Å². The van der Waals surface area contributed by atoms with Crippen LogP contribution in [0.3, 0.4) is 0 Å². The van der Waals surface area contributed by atoms with E-state index in [9.17, 15) is 4.79 Å². The number of carbonyl (C=O) groups is 1. The molecule has 1 heterocycles. The molecule has 0 radical (unpaired) electrons. The summed E-state index contributed by atoms with van der Waals surface area (Å²) in [5, 5.41) is 4.44. The maximum Gasteiger partial charge on any atom is 0.243 e. The van der Waals surface area contributed by atoms with Crippen LogP contribution in [0.2, 0.25) is 0 Å². The first kappa shape index (κ1) is 15.1. The Morgan fingerprint density at radius 3 is 2.60 bits per heavy atom. The third kappa shape index (κ3) is 3.84. The van der Waals surface area contributed by atoms with E-state index >= 15 is 0 Å². The molecule has 1 N–H and O–H groups in total. The van der Waals surface area contributed by atoms with Gasteiger partial charge in [-0.15, -0.1) is 22.9 Å². The summed E-state index contributed by atoms with van der Waals surface area (Å²) in [6, 6.07) is 13.5. The van der Waals surface area contributed by atoms with Gasteiger partial charge in [-0.2, -0.15) is 0 Å². The van der Waals surface area contributed by atoms with Crippen molar-refractivity contribution in [3.63, 3.8) is 0 Å². The van der Waals surface area contributed by atoms with Gasteiger partial charge in [-0.25, -0.2) is 0 Å². The Morgan fingerprint density at radius 1 is 1.25 bits per heavy atom. The minimum atomic E-state index is -0.643. The summed E-state index contributed by atoms with van der Waals surface area (Å²) in [5.41, 5.74) is 0.827. The van der Waals surface area contributed by atoms with Crippen molar-refractivity contribution in [1.29, 1.82) is 0 Å². The van der Waals surface area contributed by atoms with E-state index in [1.165, 1.54) is 4.88 Å². The van der Waals surface area contributed by atoms with Gasteiger partial charge in [0.25, 0.3) is 0 Å². The van der Waals surface area contributed by atoms with Crippen LogP contribution in [0.4, 0.5) is 0 Å². The SMILES string of the molecule is CCCC(NC(=O)C(Cl)c1ccccc1)c1cccs1. The predicted molar refractivity (Wildman–Crippen MR) is 85.1 cm³/mol. The Bertz CT molecular complexity index is 527. The second-order valence-corrected chi connectivity index (χ2v) is 6.05. The van der Waals surface area contributed by atoms with Crippen LogP contribution in [0.5, 0.6) is 0 Å². The molecule has 1 aromatic heterocycles. The lowest BCUT2D eigenvalue weighted by molar-refractivity contribution is -0.121. The van der Waals surface area contributed by atoms with Crippen molar-refractivity contribution in [2.45, 2.75) is 31.2 Å². The molecule has 106 valence electrons. The summed E-state index contributed by atoms with van der Waals surface area (Å²) >= 11 is 7.92. The average molecular weight is 308 g/mol. The molecule has 0 spiro atoms. The second-order valence-electron chi connectivity index (χ2n) is 4.64. The molecule has 2 atom stereocenters. The fraction of sp³-hybridized carbons (Fsp3) is 0.312. The van der Waals surface area contributed by atoms with E-state index in [1.54, 1.807) is 11.3 Å². The normalized spacial score (nSPS) is 13.7. The molecule has 2 nitrogen and oxygen atoms in total. The van der Waals surface area contributed by atoms with Gasteiger partial charge in [0.1, 0.15) is 5.38 Å². The first-order valence-electron chi connectivity index (χ1n) is 6.75. The summed E-state index contributed by atoms with van der Waals surface area (Å²) < 4.78 is 0. The van der Waals surface area contributed by atoms with Gasteiger partial charge in [0.2, 0.25) is 5.91 Å². The monoisotopic (exact) mass is 307 g/mol. The van der Waals surface area contributed by atoms with Gasteiger partial charge in [-0.3, -0.25) is 4.79 Å². The van der Waals surface area contributed by atoms with Crippen molar-refractivity contribution < 1.29 is 4.79 Å². The van der Waals surface area contributed by atoms with Crippen LogP contribution in [0.1, 0.15) is 41.6 Å². The summed E-state index contributed by atoms with van der Waals surface area (Å²) in [6.45, 7) is 2.11. The number of hydrogen-bond donors (Lipinski definition) is 1. The number of amides is 1. The van der Waals surface area contributed by atoms with Gasteiger partial charge >= 0.3 is 0 Å². The van der Waals surface area contributed by atoms with Gasteiger partial charge in [0.05, 0.1) is 6.04 Å². The second kappa shape index (κ2) is 7.46. The maximum atomic E-state index is 12.3. The number of nitrogens with one attached hydrogen (secondary N) is 1. The van der Waals surface area contributed by atoms with E-state index in [-0.39, 0.29) is 11.9 Å². The van der Waals surface area contributed by atoms with Gasteiger partial charge in [0.15, 0.2) is 0 Å². The molecule has 1 amide bonds. The van der Waals surface area contributed by atoms with Crippen LogP contribution in [0.25, 0.3) is 0 Å². The number of thiophene rings is 1. The predicted octanol–water partition coefficient (Wildman–Crippen LogP) is 4.69. The fourth-order valence-electron chi connectivity index (χ4n) is 2.08. The number of carbonyl (C=O) groups excluding carboxylic acids is 1. The molecule has 2 rings (SSSR count). The van der Waals surface area contributed by atoms with Crippen LogP contribution >= 0.6 is 22.9 Å². The molecule has 1 aromatic carbocycles. The Hall–Kier alpha value is -1.32. The molecular weight excluding hydrogens is 290 g/mol. The molecule has 2 unspecified atom stereocenters. The Balaban J connectivity index is 2.05. The van der Waals surface area contributed by atoms with Gasteiger partial charge in [-0.05, 0) is 23.4 Å². The highest BCUT2D eigenvalue weighted by molar-refractivity contribution is 7.10. The summed E-state index contributed by atoms with van der Waals surface area (Å²) in [7, 11) is 0. The fourth-order valence-corrected chi connectivity index (χ4v) is 3.10. The van der Waals surface area contributed by atoms with Crippen molar-refractivity contribution >= 4 is 28.8 Å². The zero-order valence-corrected chi connectivity index (χ0v) is 13.0. The van der Waals surface area contributed by atoms with E-state index < -0.39 is 5.38 Å². The summed E-state index contributed by atoms with van der Waals surface area (Å²) in [6.07, 6.45) is 1.94. The van der Waals surface area contributed by atoms with Gasteiger partial charge in [-0.1, -0.05) is 49.7 Å². The van der Waals surface area contributed by atoms with Crippen LogP contribution < -0.4 is 5.32 Å². The molecule has 0 fully saturated rings. The van der Waals surface area contributed by atoms with Crippen molar-refractivity contribution in [3.8, 4) is 0 Å². The zero-order chi connectivity index (χ0) is 14.4. The van der Waals surface area contributed by atoms with Crippen LogP contribution in [0.15, 0.2) is 47.8 Å². The molecule has 0 aliphatic heterocycles. The molecule has 0 saturated carbocycles. The molecule has 0 aliphatic rings.